The number of halogens is 4. The van der Waals surface area contributed by atoms with Crippen molar-refractivity contribution >= 4 is 12.4 Å². The van der Waals surface area contributed by atoms with Crippen molar-refractivity contribution in [2.45, 2.75) is 12.4 Å². The Bertz CT molecular complexity index is 602. The Balaban J connectivity index is 0.00000242. The van der Waals surface area contributed by atoms with Crippen molar-refractivity contribution in [3.05, 3.63) is 59.7 Å². The Kier molecular flexibility index (Phi) is 6.08. The molecule has 120 valence electrons. The molecule has 0 amide bonds. The molecule has 0 unspecified atom stereocenters. The van der Waals surface area contributed by atoms with Gasteiger partial charge in [-0.3, -0.25) is 0 Å². The normalized spacial score (nSPS) is 12.2. The van der Waals surface area contributed by atoms with Crippen molar-refractivity contribution in [2.24, 2.45) is 5.73 Å². The lowest BCUT2D eigenvalue weighted by atomic mass is 9.99. The third-order valence-corrected chi connectivity index (χ3v) is 2.93. The molecule has 0 spiro atoms. The molecule has 0 aliphatic carbocycles. The minimum atomic E-state index is -4.70. The topological polar surface area (TPSA) is 44.5 Å². The lowest BCUT2D eigenvalue weighted by Gasteiger charge is -2.15. The van der Waals surface area contributed by atoms with Crippen molar-refractivity contribution in [1.29, 1.82) is 0 Å². The van der Waals surface area contributed by atoms with Gasteiger partial charge in [-0.1, -0.05) is 24.3 Å². The van der Waals surface area contributed by atoms with Crippen LogP contribution in [0, 0.1) is 0 Å². The Morgan fingerprint density at radius 3 is 2.14 bits per heavy atom. The fraction of sp³-hybridized carbons (Fsp3) is 0.200. The average Bonchev–Trinajstić information content (AvgIpc) is 2.46. The Hall–Kier alpha value is -1.92. The maximum atomic E-state index is 12.1. The predicted molar refractivity (Wildman–Crippen MR) is 79.4 cm³/mol. The maximum Gasteiger partial charge on any atom is 0.573 e. The summed E-state index contributed by atoms with van der Waals surface area (Å²) in [6.45, 7) is 0. The second kappa shape index (κ2) is 7.38. The fourth-order valence-electron chi connectivity index (χ4n) is 1.90. The van der Waals surface area contributed by atoms with Crippen LogP contribution in [-0.4, -0.2) is 13.5 Å². The molecule has 3 nitrogen and oxygen atoms in total. The minimum Gasteiger partial charge on any atom is -0.497 e. The van der Waals surface area contributed by atoms with Gasteiger partial charge in [0.1, 0.15) is 11.5 Å². The average molecular weight is 334 g/mol. The van der Waals surface area contributed by atoms with E-state index in [1.54, 1.807) is 25.3 Å². The van der Waals surface area contributed by atoms with Crippen LogP contribution in [0.4, 0.5) is 13.2 Å². The van der Waals surface area contributed by atoms with Crippen LogP contribution in [0.2, 0.25) is 0 Å². The van der Waals surface area contributed by atoms with E-state index in [0.29, 0.717) is 11.3 Å². The number of ether oxygens (including phenoxy) is 2. The monoisotopic (exact) mass is 333 g/mol. The number of rotatable bonds is 4. The van der Waals surface area contributed by atoms with Crippen molar-refractivity contribution in [3.63, 3.8) is 0 Å². The molecule has 0 fully saturated rings. The number of methoxy groups -OCH3 is 1. The van der Waals surface area contributed by atoms with E-state index in [1.807, 2.05) is 6.07 Å². The second-order valence-electron chi connectivity index (χ2n) is 4.37. The highest BCUT2D eigenvalue weighted by atomic mass is 35.5. The third-order valence-electron chi connectivity index (χ3n) is 2.93. The molecule has 0 saturated heterocycles. The molecule has 2 rings (SSSR count). The smallest absolute Gasteiger partial charge is 0.497 e. The lowest BCUT2D eigenvalue weighted by molar-refractivity contribution is -0.274. The molecule has 0 aliphatic heterocycles. The molecule has 2 aromatic carbocycles. The van der Waals surface area contributed by atoms with Crippen LogP contribution in [0.5, 0.6) is 11.5 Å². The molecule has 2 N–H and O–H groups in total. The van der Waals surface area contributed by atoms with Crippen molar-refractivity contribution in [3.8, 4) is 11.5 Å². The first kappa shape index (κ1) is 18.1. The number of hydrogen-bond donors (Lipinski definition) is 1. The van der Waals surface area contributed by atoms with E-state index >= 15 is 0 Å². The SMILES string of the molecule is COc1cccc([C@@H](N)c2ccc(OC(F)(F)F)cc2)c1.Cl. The zero-order valence-corrected chi connectivity index (χ0v) is 12.4. The highest BCUT2D eigenvalue weighted by Crippen LogP contribution is 2.27. The number of nitrogens with two attached hydrogens (primary N) is 1. The number of alkyl halides is 3. The fourth-order valence-corrected chi connectivity index (χ4v) is 1.90. The van der Waals surface area contributed by atoms with Crippen LogP contribution < -0.4 is 15.2 Å². The molecule has 1 atom stereocenters. The van der Waals surface area contributed by atoms with Gasteiger partial charge in [0, 0.05) is 0 Å². The lowest BCUT2D eigenvalue weighted by Crippen LogP contribution is -2.17. The van der Waals surface area contributed by atoms with Crippen LogP contribution in [0.1, 0.15) is 17.2 Å². The van der Waals surface area contributed by atoms with E-state index in [4.69, 9.17) is 10.5 Å². The van der Waals surface area contributed by atoms with Gasteiger partial charge in [-0.25, -0.2) is 0 Å². The van der Waals surface area contributed by atoms with Crippen molar-refractivity contribution in [2.75, 3.05) is 7.11 Å². The molecule has 0 radical (unpaired) electrons. The Labute approximate surface area is 132 Å². The number of benzene rings is 2. The largest absolute Gasteiger partial charge is 0.573 e. The summed E-state index contributed by atoms with van der Waals surface area (Å²) in [7, 11) is 1.55. The molecular formula is C15H15ClF3NO2. The van der Waals surface area contributed by atoms with Crippen molar-refractivity contribution < 1.29 is 22.6 Å². The van der Waals surface area contributed by atoms with E-state index < -0.39 is 12.4 Å². The number of hydrogen-bond acceptors (Lipinski definition) is 3. The minimum absolute atomic E-state index is 0. The van der Waals surface area contributed by atoms with Gasteiger partial charge in [-0.05, 0) is 35.4 Å². The molecule has 2 aromatic rings. The molecule has 0 bridgehead atoms. The van der Waals surface area contributed by atoms with E-state index in [9.17, 15) is 13.2 Å². The summed E-state index contributed by atoms with van der Waals surface area (Å²) in [6.07, 6.45) is -4.70. The van der Waals surface area contributed by atoms with E-state index in [0.717, 1.165) is 5.56 Å². The summed E-state index contributed by atoms with van der Waals surface area (Å²) >= 11 is 0. The Morgan fingerprint density at radius 2 is 1.59 bits per heavy atom. The van der Waals surface area contributed by atoms with E-state index in [1.165, 1.54) is 24.3 Å². The van der Waals surface area contributed by atoms with E-state index in [-0.39, 0.29) is 18.2 Å². The zero-order valence-electron chi connectivity index (χ0n) is 11.6. The summed E-state index contributed by atoms with van der Waals surface area (Å²) in [5, 5.41) is 0. The van der Waals surface area contributed by atoms with Crippen LogP contribution in [0.3, 0.4) is 0 Å². The Morgan fingerprint density at radius 1 is 0.955 bits per heavy atom. The summed E-state index contributed by atoms with van der Waals surface area (Å²) in [5.74, 6) is 0.393. The first-order chi connectivity index (χ1) is 9.89. The first-order valence-electron chi connectivity index (χ1n) is 6.14. The standard InChI is InChI=1S/C15H14F3NO2.ClH/c1-20-13-4-2-3-11(9-13)14(19)10-5-7-12(8-6-10)21-15(16,17)18;/h2-9,14H,19H2,1H3;1H/t14-;/m0./s1. The molecule has 0 heterocycles. The van der Waals surface area contributed by atoms with Crippen LogP contribution >= 0.6 is 12.4 Å². The van der Waals surface area contributed by atoms with E-state index in [2.05, 4.69) is 4.74 Å². The molecule has 0 aliphatic rings. The van der Waals surface area contributed by atoms with Gasteiger partial charge in [-0.2, -0.15) is 0 Å². The molecule has 22 heavy (non-hydrogen) atoms. The van der Waals surface area contributed by atoms with Gasteiger partial charge in [0.05, 0.1) is 13.2 Å². The van der Waals surface area contributed by atoms with Crippen molar-refractivity contribution in [1.82, 2.24) is 0 Å². The summed E-state index contributed by atoms with van der Waals surface area (Å²) in [4.78, 5) is 0. The summed E-state index contributed by atoms with van der Waals surface area (Å²) in [5.41, 5.74) is 7.58. The molecular weight excluding hydrogens is 319 g/mol. The third kappa shape index (κ3) is 4.82. The van der Waals surface area contributed by atoms with Gasteiger partial charge < -0.3 is 15.2 Å². The second-order valence-corrected chi connectivity index (χ2v) is 4.37. The predicted octanol–water partition coefficient (Wildman–Crippen LogP) is 4.06. The highest BCUT2D eigenvalue weighted by molar-refractivity contribution is 5.85. The van der Waals surface area contributed by atoms with Gasteiger partial charge in [0.2, 0.25) is 0 Å². The van der Waals surface area contributed by atoms with Gasteiger partial charge in [0.25, 0.3) is 0 Å². The van der Waals surface area contributed by atoms with Crippen LogP contribution in [-0.2, 0) is 0 Å². The zero-order chi connectivity index (χ0) is 15.5. The van der Waals surface area contributed by atoms with Crippen LogP contribution in [0.15, 0.2) is 48.5 Å². The van der Waals surface area contributed by atoms with Gasteiger partial charge in [-0.15, -0.1) is 25.6 Å². The molecule has 7 heteroatoms. The quantitative estimate of drug-likeness (QED) is 0.917. The van der Waals surface area contributed by atoms with Gasteiger partial charge in [0.15, 0.2) is 0 Å². The molecule has 0 saturated carbocycles. The summed E-state index contributed by atoms with van der Waals surface area (Å²) < 4.78 is 45.2. The van der Waals surface area contributed by atoms with Crippen LogP contribution in [0.25, 0.3) is 0 Å². The maximum absolute atomic E-state index is 12.1. The summed E-state index contributed by atoms with van der Waals surface area (Å²) in [6, 6.07) is 12.2. The molecule has 0 aromatic heterocycles. The highest BCUT2D eigenvalue weighted by Gasteiger charge is 2.31. The van der Waals surface area contributed by atoms with Gasteiger partial charge >= 0.3 is 6.36 Å². The first-order valence-corrected chi connectivity index (χ1v) is 6.14.